The maximum atomic E-state index is 11.5. The van der Waals surface area contributed by atoms with Crippen LogP contribution in [0, 0.1) is 0 Å². The van der Waals surface area contributed by atoms with E-state index >= 15 is 0 Å². The number of amides is 1. The first-order valence-electron chi connectivity index (χ1n) is 4.83. The van der Waals surface area contributed by atoms with E-state index in [9.17, 15) is 4.79 Å². The van der Waals surface area contributed by atoms with Crippen molar-refractivity contribution in [2.24, 2.45) is 0 Å². The number of hydrogen-bond acceptors (Lipinski definition) is 2. The lowest BCUT2D eigenvalue weighted by molar-refractivity contribution is -0.117. The molecule has 82 valence electrons. The molecule has 0 aromatic heterocycles. The first-order chi connectivity index (χ1) is 6.61. The van der Waals surface area contributed by atoms with Crippen molar-refractivity contribution in [2.75, 3.05) is 20.1 Å². The molecule has 0 unspecified atom stereocenters. The molecule has 0 saturated heterocycles. The van der Waals surface area contributed by atoms with Crippen molar-refractivity contribution in [3.05, 3.63) is 11.8 Å². The third-order valence-electron chi connectivity index (χ3n) is 1.73. The van der Waals surface area contributed by atoms with Gasteiger partial charge >= 0.3 is 0 Å². The van der Waals surface area contributed by atoms with Crippen LogP contribution in [0.5, 0.6) is 0 Å². The Labute approximate surface area is 91.1 Å². The van der Waals surface area contributed by atoms with E-state index < -0.39 is 0 Å². The molecule has 0 aliphatic rings. The molecule has 0 saturated carbocycles. The number of rotatable bonds is 6. The highest BCUT2D eigenvalue weighted by atomic mass is 35.5. The smallest absolute Gasteiger partial charge is 0.249 e. The Bertz CT molecular complexity index is 202. The molecule has 0 fully saturated rings. The summed E-state index contributed by atoms with van der Waals surface area (Å²) in [5, 5.41) is 2.59. The number of nitrogens with one attached hydrogen (secondary N) is 1. The topological polar surface area (TPSA) is 32.3 Å². The Balaban J connectivity index is 4.30. The number of unbranched alkanes of at least 4 members (excludes halogenated alkanes) is 1. The maximum Gasteiger partial charge on any atom is 0.249 e. The van der Waals surface area contributed by atoms with Gasteiger partial charge in [0.1, 0.15) is 0 Å². The molecule has 0 atom stereocenters. The molecule has 4 heteroatoms. The SMILES string of the molecule is CCCCC(=CN(C)C)C(=O)NCCl. The van der Waals surface area contributed by atoms with Gasteiger partial charge in [-0.25, -0.2) is 0 Å². The lowest BCUT2D eigenvalue weighted by Crippen LogP contribution is -2.24. The highest BCUT2D eigenvalue weighted by molar-refractivity contribution is 6.19. The first-order valence-corrected chi connectivity index (χ1v) is 5.36. The van der Waals surface area contributed by atoms with Crippen LogP contribution in [0.1, 0.15) is 26.2 Å². The molecule has 0 heterocycles. The molecule has 1 N–H and O–H groups in total. The quantitative estimate of drug-likeness (QED) is 0.420. The highest BCUT2D eigenvalue weighted by Gasteiger charge is 2.07. The van der Waals surface area contributed by atoms with Crippen LogP contribution in [-0.2, 0) is 4.79 Å². The monoisotopic (exact) mass is 218 g/mol. The van der Waals surface area contributed by atoms with Gasteiger partial charge in [0.25, 0.3) is 0 Å². The molecule has 0 aromatic carbocycles. The summed E-state index contributed by atoms with van der Waals surface area (Å²) < 4.78 is 0. The first kappa shape index (κ1) is 13.3. The maximum absolute atomic E-state index is 11.5. The van der Waals surface area contributed by atoms with Crippen LogP contribution in [-0.4, -0.2) is 30.9 Å². The molecule has 3 nitrogen and oxygen atoms in total. The van der Waals surface area contributed by atoms with Gasteiger partial charge in [-0.15, -0.1) is 11.6 Å². The zero-order chi connectivity index (χ0) is 11.0. The summed E-state index contributed by atoms with van der Waals surface area (Å²) in [5.41, 5.74) is 0.789. The summed E-state index contributed by atoms with van der Waals surface area (Å²) in [6.07, 6.45) is 4.75. The van der Waals surface area contributed by atoms with Crippen LogP contribution < -0.4 is 5.32 Å². The minimum atomic E-state index is -0.0675. The van der Waals surface area contributed by atoms with E-state index in [0.717, 1.165) is 24.8 Å². The number of hydrogen-bond donors (Lipinski definition) is 1. The van der Waals surface area contributed by atoms with Gasteiger partial charge in [-0.3, -0.25) is 4.79 Å². The highest BCUT2D eigenvalue weighted by Crippen LogP contribution is 2.08. The Morgan fingerprint density at radius 1 is 1.50 bits per heavy atom. The molecular formula is C10H19ClN2O. The number of carbonyl (C=O) groups excluding carboxylic acids is 1. The molecule has 0 rings (SSSR count). The molecule has 0 aromatic rings. The second-order valence-corrected chi connectivity index (χ2v) is 3.63. The van der Waals surface area contributed by atoms with Crippen molar-refractivity contribution in [3.8, 4) is 0 Å². The van der Waals surface area contributed by atoms with Crippen molar-refractivity contribution in [1.82, 2.24) is 10.2 Å². The molecule has 1 amide bonds. The van der Waals surface area contributed by atoms with E-state index in [4.69, 9.17) is 11.6 Å². The molecule has 14 heavy (non-hydrogen) atoms. The summed E-state index contributed by atoms with van der Waals surface area (Å²) in [6.45, 7) is 2.10. The van der Waals surface area contributed by atoms with Gasteiger partial charge in [0, 0.05) is 25.9 Å². The van der Waals surface area contributed by atoms with Crippen LogP contribution >= 0.6 is 11.6 Å². The average Bonchev–Trinajstić information content (AvgIpc) is 2.12. The fourth-order valence-electron chi connectivity index (χ4n) is 1.09. The van der Waals surface area contributed by atoms with Gasteiger partial charge in [0.15, 0.2) is 0 Å². The van der Waals surface area contributed by atoms with Gasteiger partial charge in [-0.1, -0.05) is 13.3 Å². The van der Waals surface area contributed by atoms with Crippen LogP contribution in [0.15, 0.2) is 11.8 Å². The van der Waals surface area contributed by atoms with E-state index in [0.29, 0.717) is 0 Å². The normalized spacial score (nSPS) is 11.3. The standard InChI is InChI=1S/C10H19ClN2O/c1-4-5-6-9(7-13(2)3)10(14)12-8-11/h7H,4-6,8H2,1-3H3,(H,12,14). The zero-order valence-electron chi connectivity index (χ0n) is 9.14. The van der Waals surface area contributed by atoms with Crippen LogP contribution in [0.3, 0.4) is 0 Å². The van der Waals surface area contributed by atoms with E-state index in [1.54, 1.807) is 0 Å². The molecule has 0 spiro atoms. The Morgan fingerprint density at radius 2 is 2.14 bits per heavy atom. The number of halogens is 1. The fourth-order valence-corrected chi connectivity index (χ4v) is 1.21. The second-order valence-electron chi connectivity index (χ2n) is 3.36. The minimum absolute atomic E-state index is 0.0675. The van der Waals surface area contributed by atoms with Crippen molar-refractivity contribution in [2.45, 2.75) is 26.2 Å². The van der Waals surface area contributed by atoms with Crippen molar-refractivity contribution >= 4 is 17.5 Å². The summed E-state index contributed by atoms with van der Waals surface area (Å²) in [7, 11) is 3.81. The second kappa shape index (κ2) is 7.68. The summed E-state index contributed by atoms with van der Waals surface area (Å²) >= 11 is 5.44. The lowest BCUT2D eigenvalue weighted by Gasteiger charge is -2.11. The van der Waals surface area contributed by atoms with Gasteiger partial charge in [-0.05, 0) is 12.8 Å². The Morgan fingerprint density at radius 3 is 2.57 bits per heavy atom. The molecule has 0 aliphatic carbocycles. The predicted molar refractivity (Wildman–Crippen MR) is 60.2 cm³/mol. The van der Waals surface area contributed by atoms with Gasteiger partial charge < -0.3 is 10.2 Å². The minimum Gasteiger partial charge on any atom is -0.383 e. The third-order valence-corrected chi connectivity index (χ3v) is 1.87. The molecule has 0 bridgehead atoms. The number of nitrogens with zero attached hydrogens (tertiary/aromatic N) is 1. The molecular weight excluding hydrogens is 200 g/mol. The fraction of sp³-hybridized carbons (Fsp3) is 0.700. The summed E-state index contributed by atoms with van der Waals surface area (Å²) in [4.78, 5) is 13.4. The number of carbonyl (C=O) groups is 1. The van der Waals surface area contributed by atoms with Crippen LogP contribution in [0.4, 0.5) is 0 Å². The molecule has 0 radical (unpaired) electrons. The van der Waals surface area contributed by atoms with Crippen molar-refractivity contribution < 1.29 is 4.79 Å². The summed E-state index contributed by atoms with van der Waals surface area (Å²) in [5.74, 6) is -0.0675. The van der Waals surface area contributed by atoms with Crippen LogP contribution in [0.25, 0.3) is 0 Å². The van der Waals surface area contributed by atoms with E-state index in [2.05, 4.69) is 12.2 Å². The average molecular weight is 219 g/mol. The van der Waals surface area contributed by atoms with Gasteiger partial charge in [0.2, 0.25) is 5.91 Å². The Hall–Kier alpha value is -0.700. The molecule has 0 aliphatic heterocycles. The Kier molecular flexibility index (Phi) is 7.30. The number of alkyl halides is 1. The van der Waals surface area contributed by atoms with E-state index in [-0.39, 0.29) is 11.9 Å². The predicted octanol–water partition coefficient (Wildman–Crippen LogP) is 1.93. The van der Waals surface area contributed by atoms with Crippen molar-refractivity contribution in [1.29, 1.82) is 0 Å². The lowest BCUT2D eigenvalue weighted by atomic mass is 10.1. The summed E-state index contributed by atoms with van der Waals surface area (Å²) in [6, 6.07) is 0.162. The van der Waals surface area contributed by atoms with E-state index in [1.165, 1.54) is 0 Å². The zero-order valence-corrected chi connectivity index (χ0v) is 9.90. The van der Waals surface area contributed by atoms with Gasteiger partial charge in [-0.2, -0.15) is 0 Å². The largest absolute Gasteiger partial charge is 0.383 e. The van der Waals surface area contributed by atoms with Crippen molar-refractivity contribution in [3.63, 3.8) is 0 Å². The van der Waals surface area contributed by atoms with Gasteiger partial charge in [0.05, 0.1) is 6.00 Å². The van der Waals surface area contributed by atoms with Crippen LogP contribution in [0.2, 0.25) is 0 Å². The van der Waals surface area contributed by atoms with E-state index in [1.807, 2.05) is 25.2 Å². The third kappa shape index (κ3) is 5.86.